The fourth-order valence-electron chi connectivity index (χ4n) is 2.65. The number of hydrogen-bond acceptors (Lipinski definition) is 3. The number of anilines is 1. The minimum absolute atomic E-state index is 0.237. The Morgan fingerprint density at radius 1 is 1.24 bits per heavy atom. The third-order valence-electron chi connectivity index (χ3n) is 3.63. The molecule has 2 aromatic heterocycles. The molecule has 0 aliphatic heterocycles. The third-order valence-corrected chi connectivity index (χ3v) is 4.95. The molecular formula is C17H17ClN2S. The molecule has 2 heterocycles. The van der Waals surface area contributed by atoms with Gasteiger partial charge in [0.2, 0.25) is 0 Å². The zero-order valence-corrected chi connectivity index (χ0v) is 13.8. The van der Waals surface area contributed by atoms with E-state index in [1.807, 2.05) is 35.6 Å². The molecule has 1 unspecified atom stereocenters. The molecule has 0 saturated heterocycles. The van der Waals surface area contributed by atoms with Crippen LogP contribution >= 0.6 is 22.9 Å². The van der Waals surface area contributed by atoms with Gasteiger partial charge in [0.1, 0.15) is 0 Å². The number of benzene rings is 1. The van der Waals surface area contributed by atoms with Crippen molar-refractivity contribution in [2.45, 2.75) is 26.8 Å². The summed E-state index contributed by atoms with van der Waals surface area (Å²) >= 11 is 8.08. The summed E-state index contributed by atoms with van der Waals surface area (Å²) in [5.74, 6) is 0. The van der Waals surface area contributed by atoms with Crippen molar-refractivity contribution in [3.63, 3.8) is 0 Å². The molecule has 0 spiro atoms. The molecule has 4 heteroatoms. The second kappa shape index (κ2) is 5.66. The summed E-state index contributed by atoms with van der Waals surface area (Å²) in [6.45, 7) is 6.49. The molecule has 0 aliphatic carbocycles. The van der Waals surface area contributed by atoms with Crippen LogP contribution in [0.3, 0.4) is 0 Å². The van der Waals surface area contributed by atoms with Crippen molar-refractivity contribution in [1.29, 1.82) is 0 Å². The van der Waals surface area contributed by atoms with Gasteiger partial charge in [0, 0.05) is 27.4 Å². The Kier molecular flexibility index (Phi) is 3.87. The van der Waals surface area contributed by atoms with Crippen molar-refractivity contribution in [2.75, 3.05) is 5.32 Å². The molecule has 1 N–H and O–H groups in total. The minimum Gasteiger partial charge on any atom is -0.377 e. The molecule has 1 atom stereocenters. The summed E-state index contributed by atoms with van der Waals surface area (Å²) in [7, 11) is 0. The van der Waals surface area contributed by atoms with Gasteiger partial charge in [0.05, 0.1) is 16.2 Å². The summed E-state index contributed by atoms with van der Waals surface area (Å²) in [4.78, 5) is 7.17. The van der Waals surface area contributed by atoms with E-state index in [9.17, 15) is 0 Å². The number of thiophene rings is 1. The SMILES string of the molecule is Cc1cc(C(C)Nc2ccc(Cl)c3cccnc23)c(C)s1. The third kappa shape index (κ3) is 2.76. The number of halogens is 1. The topological polar surface area (TPSA) is 24.9 Å². The molecule has 2 nitrogen and oxygen atoms in total. The number of aryl methyl sites for hydroxylation is 2. The van der Waals surface area contributed by atoms with E-state index < -0.39 is 0 Å². The van der Waals surface area contributed by atoms with Crippen LogP contribution in [0.4, 0.5) is 5.69 Å². The first-order valence-electron chi connectivity index (χ1n) is 6.93. The fraction of sp³-hybridized carbons (Fsp3) is 0.235. The Hall–Kier alpha value is -1.58. The summed E-state index contributed by atoms with van der Waals surface area (Å²) in [5, 5.41) is 5.28. The van der Waals surface area contributed by atoms with Crippen molar-refractivity contribution in [1.82, 2.24) is 4.98 Å². The fourth-order valence-corrected chi connectivity index (χ4v) is 3.88. The molecule has 0 amide bonds. The highest BCUT2D eigenvalue weighted by Crippen LogP contribution is 2.32. The van der Waals surface area contributed by atoms with Crippen molar-refractivity contribution >= 4 is 39.5 Å². The van der Waals surface area contributed by atoms with E-state index in [0.717, 1.165) is 21.6 Å². The Labute approximate surface area is 133 Å². The summed E-state index contributed by atoms with van der Waals surface area (Å²) < 4.78 is 0. The minimum atomic E-state index is 0.237. The highest BCUT2D eigenvalue weighted by atomic mass is 35.5. The van der Waals surface area contributed by atoms with Gasteiger partial charge in [0.15, 0.2) is 0 Å². The van der Waals surface area contributed by atoms with E-state index in [0.29, 0.717) is 0 Å². The first kappa shape index (κ1) is 14.4. The Balaban J connectivity index is 1.99. The second-order valence-electron chi connectivity index (χ2n) is 5.23. The van der Waals surface area contributed by atoms with Crippen LogP contribution in [0.25, 0.3) is 10.9 Å². The van der Waals surface area contributed by atoms with Gasteiger partial charge in [-0.25, -0.2) is 0 Å². The number of aromatic nitrogens is 1. The Morgan fingerprint density at radius 2 is 2.05 bits per heavy atom. The van der Waals surface area contributed by atoms with Gasteiger partial charge in [-0.2, -0.15) is 0 Å². The predicted octanol–water partition coefficient (Wildman–Crippen LogP) is 5.74. The highest BCUT2D eigenvalue weighted by molar-refractivity contribution is 7.12. The van der Waals surface area contributed by atoms with Crippen LogP contribution in [-0.4, -0.2) is 4.98 Å². The predicted molar refractivity (Wildman–Crippen MR) is 92.6 cm³/mol. The Bertz CT molecular complexity index is 795. The summed E-state index contributed by atoms with van der Waals surface area (Å²) in [5.41, 5.74) is 3.28. The van der Waals surface area contributed by atoms with Gasteiger partial charge >= 0.3 is 0 Å². The van der Waals surface area contributed by atoms with Crippen LogP contribution in [0.2, 0.25) is 5.02 Å². The van der Waals surface area contributed by atoms with Crippen LogP contribution in [0.15, 0.2) is 36.5 Å². The number of pyridine rings is 1. The van der Waals surface area contributed by atoms with E-state index in [-0.39, 0.29) is 6.04 Å². The van der Waals surface area contributed by atoms with Crippen LogP contribution in [-0.2, 0) is 0 Å². The standard InChI is InChI=1S/C17H17ClN2S/c1-10-9-14(12(3)21-10)11(2)20-16-7-6-15(18)13-5-4-8-19-17(13)16/h4-9,11,20H,1-3H3. The molecule has 21 heavy (non-hydrogen) atoms. The molecule has 1 aromatic carbocycles. The van der Waals surface area contributed by atoms with Crippen molar-refractivity contribution < 1.29 is 0 Å². The lowest BCUT2D eigenvalue weighted by molar-refractivity contribution is 0.883. The molecule has 108 valence electrons. The molecular weight excluding hydrogens is 300 g/mol. The molecule has 0 saturated carbocycles. The highest BCUT2D eigenvalue weighted by Gasteiger charge is 2.13. The zero-order valence-electron chi connectivity index (χ0n) is 12.3. The molecule has 0 aliphatic rings. The normalized spacial score (nSPS) is 12.6. The van der Waals surface area contributed by atoms with E-state index >= 15 is 0 Å². The van der Waals surface area contributed by atoms with Gasteiger partial charge in [-0.05, 0) is 56.7 Å². The second-order valence-corrected chi connectivity index (χ2v) is 7.10. The maximum Gasteiger partial charge on any atom is 0.0948 e. The van der Waals surface area contributed by atoms with Crippen molar-refractivity contribution in [2.24, 2.45) is 0 Å². The van der Waals surface area contributed by atoms with E-state index in [2.05, 4.69) is 37.1 Å². The lowest BCUT2D eigenvalue weighted by Gasteiger charge is -2.17. The molecule has 0 radical (unpaired) electrons. The lowest BCUT2D eigenvalue weighted by atomic mass is 10.1. The quantitative estimate of drug-likeness (QED) is 0.666. The van der Waals surface area contributed by atoms with E-state index in [1.54, 1.807) is 6.20 Å². The smallest absolute Gasteiger partial charge is 0.0948 e. The summed E-state index contributed by atoms with van der Waals surface area (Å²) in [6.07, 6.45) is 1.80. The molecule has 0 fully saturated rings. The van der Waals surface area contributed by atoms with Gasteiger partial charge in [-0.1, -0.05) is 11.6 Å². The molecule has 0 bridgehead atoms. The lowest BCUT2D eigenvalue weighted by Crippen LogP contribution is -2.07. The van der Waals surface area contributed by atoms with Crippen LogP contribution < -0.4 is 5.32 Å². The van der Waals surface area contributed by atoms with Gasteiger partial charge in [-0.15, -0.1) is 11.3 Å². The number of nitrogens with one attached hydrogen (secondary N) is 1. The molecule has 3 aromatic rings. The average Bonchev–Trinajstić information content (AvgIpc) is 2.81. The van der Waals surface area contributed by atoms with Gasteiger partial charge in [-0.3, -0.25) is 4.98 Å². The number of hydrogen-bond donors (Lipinski definition) is 1. The number of fused-ring (bicyclic) bond motifs is 1. The summed E-state index contributed by atoms with van der Waals surface area (Å²) in [6, 6.07) is 10.3. The van der Waals surface area contributed by atoms with Crippen LogP contribution in [0.1, 0.15) is 28.3 Å². The first-order chi connectivity index (χ1) is 10.1. The van der Waals surface area contributed by atoms with E-state index in [1.165, 1.54) is 15.3 Å². The first-order valence-corrected chi connectivity index (χ1v) is 8.12. The monoisotopic (exact) mass is 316 g/mol. The maximum atomic E-state index is 6.25. The maximum absolute atomic E-state index is 6.25. The number of rotatable bonds is 3. The Morgan fingerprint density at radius 3 is 2.76 bits per heavy atom. The average molecular weight is 317 g/mol. The largest absolute Gasteiger partial charge is 0.377 e. The van der Waals surface area contributed by atoms with Gasteiger partial charge in [0.25, 0.3) is 0 Å². The van der Waals surface area contributed by atoms with Crippen molar-refractivity contribution in [3.8, 4) is 0 Å². The van der Waals surface area contributed by atoms with Crippen LogP contribution in [0.5, 0.6) is 0 Å². The van der Waals surface area contributed by atoms with Crippen molar-refractivity contribution in [3.05, 3.63) is 56.9 Å². The van der Waals surface area contributed by atoms with Crippen LogP contribution in [0, 0.1) is 13.8 Å². The van der Waals surface area contributed by atoms with E-state index in [4.69, 9.17) is 11.6 Å². The molecule has 3 rings (SSSR count). The zero-order chi connectivity index (χ0) is 15.0. The number of nitrogens with zero attached hydrogens (tertiary/aromatic N) is 1. The van der Waals surface area contributed by atoms with Gasteiger partial charge < -0.3 is 5.32 Å².